The fourth-order valence-electron chi connectivity index (χ4n) is 3.72. The summed E-state index contributed by atoms with van der Waals surface area (Å²) in [5.74, 6) is 0. The number of nitrogens with one attached hydrogen (secondary N) is 2. The summed E-state index contributed by atoms with van der Waals surface area (Å²) in [5.41, 5.74) is 5.46. The molecular weight excluding hydrogens is 282 g/mol. The molecule has 0 aliphatic carbocycles. The van der Waals surface area contributed by atoms with E-state index in [1.54, 1.807) is 0 Å². The van der Waals surface area contributed by atoms with Crippen LogP contribution in [0.15, 0.2) is 54.6 Å². The zero-order valence-electron chi connectivity index (χ0n) is 13.5. The zero-order chi connectivity index (χ0) is 15.7. The average Bonchev–Trinajstić information content (AvgIpc) is 3.15. The van der Waals surface area contributed by atoms with E-state index >= 15 is 0 Å². The second-order valence-electron chi connectivity index (χ2n) is 6.58. The van der Waals surface area contributed by atoms with Gasteiger partial charge in [-0.3, -0.25) is 5.32 Å². The molecule has 0 aromatic heterocycles. The highest BCUT2D eigenvalue weighted by Gasteiger charge is 2.44. The molecule has 2 aromatic carbocycles. The van der Waals surface area contributed by atoms with Gasteiger partial charge in [0.2, 0.25) is 0 Å². The smallest absolute Gasteiger partial charge is 0.0769 e. The topological polar surface area (TPSA) is 27.3 Å². The summed E-state index contributed by atoms with van der Waals surface area (Å²) < 4.78 is 0. The molecule has 0 saturated carbocycles. The van der Waals surface area contributed by atoms with Gasteiger partial charge < -0.3 is 10.2 Å². The van der Waals surface area contributed by atoms with E-state index in [-0.39, 0.29) is 5.54 Å². The number of fused-ring (bicyclic) bond motifs is 2. The maximum Gasteiger partial charge on any atom is 0.0769 e. The molecule has 0 bridgehead atoms. The molecule has 1 unspecified atom stereocenters. The summed E-state index contributed by atoms with van der Waals surface area (Å²) in [7, 11) is 0. The molecule has 1 saturated heterocycles. The molecule has 0 radical (unpaired) electrons. The summed E-state index contributed by atoms with van der Waals surface area (Å²) in [6, 6.07) is 17.3. The molecule has 2 N–H and O–H groups in total. The molecule has 23 heavy (non-hydrogen) atoms. The van der Waals surface area contributed by atoms with Crippen molar-refractivity contribution in [2.24, 2.45) is 0 Å². The van der Waals surface area contributed by atoms with Crippen LogP contribution in [-0.2, 0) is 5.54 Å². The van der Waals surface area contributed by atoms with Gasteiger partial charge in [-0.15, -0.1) is 0 Å². The molecule has 3 nitrogen and oxygen atoms in total. The number of hydrogen-bond donors (Lipinski definition) is 2. The van der Waals surface area contributed by atoms with Crippen molar-refractivity contribution < 1.29 is 0 Å². The van der Waals surface area contributed by atoms with Gasteiger partial charge in [0.05, 0.1) is 5.54 Å². The summed E-state index contributed by atoms with van der Waals surface area (Å²) in [5, 5.41) is 7.14. The fraction of sp³-hybridized carbons (Fsp3) is 0.300. The first kappa shape index (κ1) is 14.5. The molecule has 2 aromatic rings. The Hall–Kier alpha value is -2.10. The number of hydrogen-bond acceptors (Lipinski definition) is 3. The van der Waals surface area contributed by atoms with Crippen molar-refractivity contribution in [2.45, 2.75) is 12.5 Å². The Balaban J connectivity index is 1.58. The van der Waals surface area contributed by atoms with Gasteiger partial charge in [-0.25, -0.2) is 0 Å². The summed E-state index contributed by atoms with van der Waals surface area (Å²) in [4.78, 5) is 2.48. The lowest BCUT2D eigenvalue weighted by Crippen LogP contribution is -2.44. The molecule has 2 aliphatic heterocycles. The zero-order valence-corrected chi connectivity index (χ0v) is 13.5. The molecule has 1 fully saturated rings. The van der Waals surface area contributed by atoms with Crippen LogP contribution >= 0.6 is 0 Å². The Labute approximate surface area is 138 Å². The maximum absolute atomic E-state index is 3.68. The molecule has 118 valence electrons. The van der Waals surface area contributed by atoms with Crippen LogP contribution in [0.25, 0.3) is 6.08 Å². The standard InChI is InChI=1S/C20H23N3/c1-16-9-10-19-18(12-16)20(13-21-15-22-20)14-23(19)11-5-8-17-6-3-2-4-7-17/h2-10,12,21-22H,11,13-15H2,1H3/b8-5+. The lowest BCUT2D eigenvalue weighted by atomic mass is 9.92. The van der Waals surface area contributed by atoms with Crippen LogP contribution in [0.4, 0.5) is 5.69 Å². The number of benzene rings is 2. The summed E-state index contributed by atoms with van der Waals surface area (Å²) in [6.07, 6.45) is 4.47. The van der Waals surface area contributed by atoms with E-state index in [1.165, 1.54) is 22.4 Å². The van der Waals surface area contributed by atoms with Crippen LogP contribution < -0.4 is 15.5 Å². The van der Waals surface area contributed by atoms with Crippen molar-refractivity contribution in [3.05, 3.63) is 71.3 Å². The van der Waals surface area contributed by atoms with Gasteiger partial charge in [0, 0.05) is 32.0 Å². The maximum atomic E-state index is 3.68. The van der Waals surface area contributed by atoms with Crippen molar-refractivity contribution in [3.8, 4) is 0 Å². The highest BCUT2D eigenvalue weighted by Crippen LogP contribution is 2.40. The predicted octanol–water partition coefficient (Wildman–Crippen LogP) is 2.87. The molecule has 1 atom stereocenters. The van der Waals surface area contributed by atoms with Crippen molar-refractivity contribution in [1.82, 2.24) is 10.6 Å². The monoisotopic (exact) mass is 305 g/mol. The Morgan fingerprint density at radius 2 is 2.04 bits per heavy atom. The minimum absolute atomic E-state index is 0.0714. The molecular formula is C20H23N3. The number of nitrogens with zero attached hydrogens (tertiary/aromatic N) is 1. The minimum atomic E-state index is 0.0714. The fourth-order valence-corrected chi connectivity index (χ4v) is 3.72. The summed E-state index contributed by atoms with van der Waals surface area (Å²) >= 11 is 0. The predicted molar refractivity (Wildman–Crippen MR) is 96.6 cm³/mol. The first-order chi connectivity index (χ1) is 11.3. The van der Waals surface area contributed by atoms with Crippen LogP contribution in [0.1, 0.15) is 16.7 Å². The third-order valence-corrected chi connectivity index (χ3v) is 4.88. The molecule has 4 rings (SSSR count). The Morgan fingerprint density at radius 3 is 2.83 bits per heavy atom. The number of rotatable bonds is 3. The SMILES string of the molecule is Cc1ccc2c(c1)C1(CNCN1)CN2C/C=C/c1ccccc1. The van der Waals surface area contributed by atoms with Crippen LogP contribution in [-0.4, -0.2) is 26.3 Å². The van der Waals surface area contributed by atoms with Crippen molar-refractivity contribution >= 4 is 11.8 Å². The Morgan fingerprint density at radius 1 is 1.17 bits per heavy atom. The van der Waals surface area contributed by atoms with Crippen LogP contribution in [0.5, 0.6) is 0 Å². The molecule has 3 heteroatoms. The first-order valence-corrected chi connectivity index (χ1v) is 8.30. The van der Waals surface area contributed by atoms with Crippen molar-refractivity contribution in [2.75, 3.05) is 31.2 Å². The van der Waals surface area contributed by atoms with Gasteiger partial charge in [0.1, 0.15) is 0 Å². The Kier molecular flexibility index (Phi) is 3.68. The van der Waals surface area contributed by atoms with E-state index in [0.717, 1.165) is 26.3 Å². The third-order valence-electron chi connectivity index (χ3n) is 4.88. The third kappa shape index (κ3) is 2.67. The van der Waals surface area contributed by atoms with Crippen molar-refractivity contribution in [3.63, 3.8) is 0 Å². The van der Waals surface area contributed by atoms with Crippen LogP contribution in [0.3, 0.4) is 0 Å². The van der Waals surface area contributed by atoms with E-state index in [0.29, 0.717) is 0 Å². The van der Waals surface area contributed by atoms with Gasteiger partial charge in [0.15, 0.2) is 0 Å². The number of anilines is 1. The van der Waals surface area contributed by atoms with Crippen LogP contribution in [0, 0.1) is 6.92 Å². The second kappa shape index (κ2) is 5.84. The molecule has 2 aliphatic rings. The van der Waals surface area contributed by atoms with Crippen molar-refractivity contribution in [1.29, 1.82) is 0 Å². The second-order valence-corrected chi connectivity index (χ2v) is 6.58. The van der Waals surface area contributed by atoms with Gasteiger partial charge in [0.25, 0.3) is 0 Å². The van der Waals surface area contributed by atoms with E-state index in [9.17, 15) is 0 Å². The average molecular weight is 305 g/mol. The molecule has 0 amide bonds. The highest BCUT2D eigenvalue weighted by atomic mass is 15.3. The van der Waals surface area contributed by atoms with E-state index in [1.807, 2.05) is 0 Å². The van der Waals surface area contributed by atoms with Gasteiger partial charge in [-0.2, -0.15) is 0 Å². The first-order valence-electron chi connectivity index (χ1n) is 8.30. The van der Waals surface area contributed by atoms with E-state index in [2.05, 4.69) is 83.1 Å². The summed E-state index contributed by atoms with van der Waals surface area (Å²) in [6.45, 7) is 6.03. The molecule has 2 heterocycles. The van der Waals surface area contributed by atoms with Gasteiger partial charge in [-0.1, -0.05) is 60.2 Å². The quantitative estimate of drug-likeness (QED) is 0.913. The normalized spacial score (nSPS) is 23.1. The largest absolute Gasteiger partial charge is 0.365 e. The number of aryl methyl sites for hydroxylation is 1. The van der Waals surface area contributed by atoms with Gasteiger partial charge >= 0.3 is 0 Å². The van der Waals surface area contributed by atoms with Gasteiger partial charge in [-0.05, 0) is 24.1 Å². The van der Waals surface area contributed by atoms with E-state index in [4.69, 9.17) is 0 Å². The van der Waals surface area contributed by atoms with E-state index < -0.39 is 0 Å². The Bertz CT molecular complexity index is 715. The lowest BCUT2D eigenvalue weighted by Gasteiger charge is -2.25. The highest BCUT2D eigenvalue weighted by molar-refractivity contribution is 5.65. The lowest BCUT2D eigenvalue weighted by molar-refractivity contribution is 0.443. The minimum Gasteiger partial charge on any atom is -0.365 e. The molecule has 1 spiro atoms. The van der Waals surface area contributed by atoms with Crippen LogP contribution in [0.2, 0.25) is 0 Å².